The van der Waals surface area contributed by atoms with Gasteiger partial charge in [-0.2, -0.15) is 0 Å². The number of thioether (sulfide) groups is 1. The molecule has 1 fully saturated rings. The molecule has 6 nitrogen and oxygen atoms in total. The molecule has 4 heterocycles. The second-order valence-electron chi connectivity index (χ2n) is 8.74. The third-order valence-electron chi connectivity index (χ3n) is 7.20. The van der Waals surface area contributed by atoms with Crippen LogP contribution in [0.5, 0.6) is 0 Å². The number of hydrogen-bond acceptors (Lipinski definition) is 5. The Balaban J connectivity index is 1.42. The number of allylic oxidation sites excluding steroid dienone is 3. The summed E-state index contributed by atoms with van der Waals surface area (Å²) < 4.78 is 0. The number of carbonyl (C=O) groups excluding carboxylic acids is 2. The van der Waals surface area contributed by atoms with Crippen molar-refractivity contribution in [2.75, 3.05) is 12.3 Å². The summed E-state index contributed by atoms with van der Waals surface area (Å²) >= 11 is 1.67. The number of quaternary nitrogens is 1. The molecular weight excluding hydrogens is 388 g/mol. The summed E-state index contributed by atoms with van der Waals surface area (Å²) in [7, 11) is 0. The Hall–Kier alpha value is -1.83. The van der Waals surface area contributed by atoms with Gasteiger partial charge in [-0.1, -0.05) is 6.92 Å². The second-order valence-corrected chi connectivity index (χ2v) is 9.75. The Morgan fingerprint density at radius 2 is 2.21 bits per heavy atom. The van der Waals surface area contributed by atoms with Crippen molar-refractivity contribution in [2.24, 2.45) is 11.8 Å². The van der Waals surface area contributed by atoms with E-state index in [1.165, 1.54) is 38.8 Å². The van der Waals surface area contributed by atoms with Gasteiger partial charge in [-0.15, -0.1) is 11.8 Å². The summed E-state index contributed by atoms with van der Waals surface area (Å²) in [6, 6.07) is -0.273. The van der Waals surface area contributed by atoms with E-state index in [-0.39, 0.29) is 23.6 Å². The van der Waals surface area contributed by atoms with Crippen LogP contribution in [0.15, 0.2) is 45.3 Å². The first-order chi connectivity index (χ1) is 13.9. The van der Waals surface area contributed by atoms with Crippen LogP contribution in [0.3, 0.4) is 0 Å². The van der Waals surface area contributed by atoms with Crippen molar-refractivity contribution in [1.29, 1.82) is 0 Å². The van der Waals surface area contributed by atoms with Gasteiger partial charge in [0.05, 0.1) is 36.3 Å². The van der Waals surface area contributed by atoms with E-state index in [0.29, 0.717) is 5.75 Å². The highest BCUT2D eigenvalue weighted by atomic mass is 32.2. The number of amides is 1. The van der Waals surface area contributed by atoms with E-state index in [1.807, 2.05) is 6.92 Å². The normalized spacial score (nSPS) is 33.9. The first-order valence-electron chi connectivity index (χ1n) is 10.5. The molecule has 0 bridgehead atoms. The molecule has 0 spiro atoms. The van der Waals surface area contributed by atoms with E-state index < -0.39 is 18.0 Å². The zero-order chi connectivity index (χ0) is 20.4. The second kappa shape index (κ2) is 6.86. The van der Waals surface area contributed by atoms with Crippen LogP contribution in [0.4, 0.5) is 0 Å². The highest BCUT2D eigenvalue weighted by Gasteiger charge is 2.58. The van der Waals surface area contributed by atoms with Gasteiger partial charge in [0.2, 0.25) is 5.91 Å². The van der Waals surface area contributed by atoms with Crippen molar-refractivity contribution in [1.82, 2.24) is 4.90 Å². The van der Waals surface area contributed by atoms with Crippen LogP contribution in [0, 0.1) is 11.8 Å². The number of fused-ring (bicyclic) bond motifs is 1. The maximum Gasteiger partial charge on any atom is 0.235 e. The van der Waals surface area contributed by atoms with E-state index in [4.69, 9.17) is 0 Å². The van der Waals surface area contributed by atoms with E-state index in [0.717, 1.165) is 25.0 Å². The van der Waals surface area contributed by atoms with Crippen molar-refractivity contribution < 1.29 is 24.7 Å². The van der Waals surface area contributed by atoms with Gasteiger partial charge in [-0.25, -0.2) is 0 Å². The van der Waals surface area contributed by atoms with Gasteiger partial charge < -0.3 is 19.9 Å². The van der Waals surface area contributed by atoms with Crippen molar-refractivity contribution in [3.05, 3.63) is 45.3 Å². The molecule has 5 atom stereocenters. The van der Waals surface area contributed by atoms with Crippen LogP contribution in [0.1, 0.15) is 39.5 Å². The minimum atomic E-state index is -1.29. The molecule has 4 aliphatic heterocycles. The molecule has 0 radical (unpaired) electrons. The molecule has 29 heavy (non-hydrogen) atoms. The van der Waals surface area contributed by atoms with Gasteiger partial charge in [0, 0.05) is 34.6 Å². The standard InChI is InChI=1S/C22H26N2O4S/c1-11-15(20(22(27)28)24-18(11)17(12(2)25)21(24)26)10-29-16-7-9-23-8-3-4-13-5-6-14(16)19(13)23/h7,9,11-12,17-18,25H,3-6,8,10H2,1-2H3,(H,27,28)/t11-,12+,17+,18+/m0/s1. The molecule has 0 aromatic heterocycles. The van der Waals surface area contributed by atoms with E-state index in [1.54, 1.807) is 24.3 Å². The Morgan fingerprint density at radius 3 is 2.93 bits per heavy atom. The van der Waals surface area contributed by atoms with Gasteiger partial charge in [0.25, 0.3) is 0 Å². The number of aliphatic hydroxyl groups excluding tert-OH is 1. The van der Waals surface area contributed by atoms with Crippen LogP contribution < -0.4 is 10.0 Å². The molecular formula is C22H26N2O4S. The molecule has 1 aliphatic carbocycles. The van der Waals surface area contributed by atoms with Crippen molar-refractivity contribution in [3.8, 4) is 0 Å². The maximum atomic E-state index is 12.5. The third kappa shape index (κ3) is 2.71. The SMILES string of the molecule is C[C@@H](O)[C@H]1C(=O)N2C(C(=O)[O-])=C(CSC3=C4CCC5=C4[NH+](C=C3)CCC5)[C@H](C)[C@H]12. The van der Waals surface area contributed by atoms with E-state index in [2.05, 4.69) is 12.3 Å². The lowest BCUT2D eigenvalue weighted by Crippen LogP contribution is -3.06. The Morgan fingerprint density at radius 1 is 1.41 bits per heavy atom. The van der Waals surface area contributed by atoms with Gasteiger partial charge in [-0.3, -0.25) is 9.69 Å². The summed E-state index contributed by atoms with van der Waals surface area (Å²) in [4.78, 5) is 28.4. The Labute approximate surface area is 174 Å². The monoisotopic (exact) mass is 414 g/mol. The molecule has 1 amide bonds. The number of rotatable bonds is 5. The van der Waals surface area contributed by atoms with Gasteiger partial charge in [0.1, 0.15) is 11.9 Å². The first kappa shape index (κ1) is 19.2. The minimum Gasteiger partial charge on any atom is -0.543 e. The fraction of sp³-hybridized carbons (Fsp3) is 0.545. The molecule has 5 rings (SSSR count). The molecule has 0 aromatic carbocycles. The molecule has 1 saturated heterocycles. The predicted octanol–water partition coefficient (Wildman–Crippen LogP) is 0.0891. The minimum absolute atomic E-state index is 0.0264. The van der Waals surface area contributed by atoms with Gasteiger partial charge in [0.15, 0.2) is 0 Å². The number of nitrogens with one attached hydrogen (secondary N) is 1. The largest absolute Gasteiger partial charge is 0.543 e. The summed E-state index contributed by atoms with van der Waals surface area (Å²) in [6.07, 6.45) is 8.29. The fourth-order valence-corrected chi connectivity index (χ4v) is 7.08. The molecule has 0 saturated carbocycles. The summed E-state index contributed by atoms with van der Waals surface area (Å²) in [5.74, 6) is -1.69. The van der Waals surface area contributed by atoms with Gasteiger partial charge in [-0.05, 0) is 37.3 Å². The molecule has 1 unspecified atom stereocenters. The number of aliphatic carboxylic acids is 1. The number of β-lactam (4-membered cyclic amide) rings is 1. The van der Waals surface area contributed by atoms with E-state index in [9.17, 15) is 19.8 Å². The average Bonchev–Trinajstić information content (AvgIpc) is 3.21. The topological polar surface area (TPSA) is 85.1 Å². The zero-order valence-corrected chi connectivity index (χ0v) is 17.6. The van der Waals surface area contributed by atoms with Crippen LogP contribution >= 0.6 is 11.8 Å². The van der Waals surface area contributed by atoms with Crippen molar-refractivity contribution >= 4 is 23.6 Å². The molecule has 5 aliphatic rings. The maximum absolute atomic E-state index is 12.5. The summed E-state index contributed by atoms with van der Waals surface area (Å²) in [5, 5.41) is 21.8. The highest BCUT2D eigenvalue weighted by molar-refractivity contribution is 8.03. The fourth-order valence-electron chi connectivity index (χ4n) is 5.83. The molecule has 7 heteroatoms. The predicted molar refractivity (Wildman–Crippen MR) is 107 cm³/mol. The highest BCUT2D eigenvalue weighted by Crippen LogP contribution is 2.48. The van der Waals surface area contributed by atoms with E-state index >= 15 is 0 Å². The number of aliphatic hydroxyl groups is 1. The molecule has 0 aromatic rings. The summed E-state index contributed by atoms with van der Waals surface area (Å²) in [5.41, 5.74) is 5.26. The van der Waals surface area contributed by atoms with Crippen LogP contribution in [0.2, 0.25) is 0 Å². The zero-order valence-electron chi connectivity index (χ0n) is 16.7. The Bertz CT molecular complexity index is 929. The molecule has 154 valence electrons. The smallest absolute Gasteiger partial charge is 0.235 e. The molecule has 2 N–H and O–H groups in total. The number of hydrogen-bond donors (Lipinski definition) is 2. The first-order valence-corrected chi connectivity index (χ1v) is 11.5. The van der Waals surface area contributed by atoms with Crippen LogP contribution in [0.25, 0.3) is 0 Å². The van der Waals surface area contributed by atoms with Crippen molar-refractivity contribution in [2.45, 2.75) is 51.7 Å². The third-order valence-corrected chi connectivity index (χ3v) is 8.35. The summed E-state index contributed by atoms with van der Waals surface area (Å²) in [6.45, 7) is 4.71. The Kier molecular flexibility index (Phi) is 4.53. The number of carboxylic acid groups (broad SMARTS) is 1. The number of carbonyl (C=O) groups is 2. The lowest BCUT2D eigenvalue weighted by Gasteiger charge is -2.47. The van der Waals surface area contributed by atoms with Crippen LogP contribution in [-0.2, 0) is 9.59 Å². The average molecular weight is 415 g/mol. The van der Waals surface area contributed by atoms with Crippen molar-refractivity contribution in [3.63, 3.8) is 0 Å². The number of nitrogens with zero attached hydrogens (tertiary/aromatic N) is 1. The lowest BCUT2D eigenvalue weighted by molar-refractivity contribution is -0.806. The quantitative estimate of drug-likeness (QED) is 0.623. The van der Waals surface area contributed by atoms with Gasteiger partial charge >= 0.3 is 0 Å². The lowest BCUT2D eigenvalue weighted by atomic mass is 9.78. The number of carboxylic acids is 1. The van der Waals surface area contributed by atoms with Crippen LogP contribution in [-0.4, -0.2) is 46.3 Å².